The van der Waals surface area contributed by atoms with Crippen LogP contribution in [0.4, 0.5) is 5.69 Å². The number of aromatic nitrogens is 2. The molecule has 0 radical (unpaired) electrons. The van der Waals surface area contributed by atoms with E-state index in [1.807, 2.05) is 29.8 Å². The van der Waals surface area contributed by atoms with Crippen LogP contribution in [0.15, 0.2) is 53.5 Å². The summed E-state index contributed by atoms with van der Waals surface area (Å²) >= 11 is 6.06. The molecule has 0 atom stereocenters. The van der Waals surface area contributed by atoms with Crippen LogP contribution in [0.1, 0.15) is 46.7 Å². The normalized spacial score (nSPS) is 11.5. The molecule has 0 fully saturated rings. The Labute approximate surface area is 194 Å². The number of rotatable bonds is 7. The van der Waals surface area contributed by atoms with E-state index in [4.69, 9.17) is 16.6 Å². The summed E-state index contributed by atoms with van der Waals surface area (Å²) in [4.78, 5) is 17.5. The van der Waals surface area contributed by atoms with Gasteiger partial charge in [-0.1, -0.05) is 42.8 Å². The van der Waals surface area contributed by atoms with Gasteiger partial charge < -0.3 is 5.32 Å². The standard InChI is InChI=1S/C25H30ClN5O/c1-5-19-10-7-8-13-23(19)28-25(29-24(32)20-11-9-12-21(26)16-20)27-15-14-22-17(3)30-31(6-2)18(22)4/h7-13,16H,5-6,14-15H2,1-4H3,(H2,27,28,29,32). The van der Waals surface area contributed by atoms with Gasteiger partial charge in [0.15, 0.2) is 0 Å². The number of hydrogen-bond donors (Lipinski definition) is 2. The van der Waals surface area contributed by atoms with Gasteiger partial charge in [0.25, 0.3) is 5.91 Å². The Morgan fingerprint density at radius 3 is 2.59 bits per heavy atom. The number of nitrogens with zero attached hydrogens (tertiary/aromatic N) is 3. The van der Waals surface area contributed by atoms with E-state index in [1.165, 1.54) is 5.56 Å². The lowest BCUT2D eigenvalue weighted by Crippen LogP contribution is -2.36. The molecule has 6 nitrogen and oxygen atoms in total. The molecule has 0 saturated heterocycles. The van der Waals surface area contributed by atoms with Crippen molar-refractivity contribution in [3.8, 4) is 0 Å². The van der Waals surface area contributed by atoms with E-state index in [1.54, 1.807) is 24.3 Å². The molecule has 1 amide bonds. The molecule has 7 heteroatoms. The average Bonchev–Trinajstić information content (AvgIpc) is 3.07. The van der Waals surface area contributed by atoms with Gasteiger partial charge in [0, 0.05) is 35.1 Å². The monoisotopic (exact) mass is 451 g/mol. The Morgan fingerprint density at radius 1 is 1.12 bits per heavy atom. The van der Waals surface area contributed by atoms with Crippen molar-refractivity contribution in [3.63, 3.8) is 0 Å². The third kappa shape index (κ3) is 5.77. The van der Waals surface area contributed by atoms with Crippen molar-refractivity contribution >= 4 is 29.2 Å². The summed E-state index contributed by atoms with van der Waals surface area (Å²) in [6, 6.07) is 14.9. The highest BCUT2D eigenvalue weighted by Gasteiger charge is 2.13. The fourth-order valence-electron chi connectivity index (χ4n) is 3.68. The number of carbonyl (C=O) groups is 1. The van der Waals surface area contributed by atoms with Crippen molar-refractivity contribution in [1.29, 1.82) is 0 Å². The molecule has 168 valence electrons. The largest absolute Gasteiger partial charge is 0.326 e. The van der Waals surface area contributed by atoms with Crippen molar-refractivity contribution in [1.82, 2.24) is 15.1 Å². The van der Waals surface area contributed by atoms with Gasteiger partial charge in [-0.05, 0) is 69.0 Å². The van der Waals surface area contributed by atoms with Crippen LogP contribution in [-0.4, -0.2) is 28.2 Å². The Bertz CT molecular complexity index is 1120. The number of anilines is 1. The van der Waals surface area contributed by atoms with Gasteiger partial charge in [-0.15, -0.1) is 0 Å². The molecule has 1 aromatic heterocycles. The zero-order valence-corrected chi connectivity index (χ0v) is 19.8. The van der Waals surface area contributed by atoms with Crippen molar-refractivity contribution in [2.75, 3.05) is 11.9 Å². The summed E-state index contributed by atoms with van der Waals surface area (Å²) < 4.78 is 2.01. The lowest BCUT2D eigenvalue weighted by atomic mass is 10.1. The molecule has 3 aromatic rings. The molecule has 3 rings (SSSR count). The quantitative estimate of drug-likeness (QED) is 0.384. The van der Waals surface area contributed by atoms with Crippen molar-refractivity contribution in [2.45, 2.75) is 47.1 Å². The fourth-order valence-corrected chi connectivity index (χ4v) is 3.87. The molecule has 2 N–H and O–H groups in total. The first-order chi connectivity index (χ1) is 15.4. The predicted octanol–water partition coefficient (Wildman–Crippen LogP) is 5.18. The minimum absolute atomic E-state index is 0.265. The van der Waals surface area contributed by atoms with Gasteiger partial charge in [-0.25, -0.2) is 0 Å². The zero-order valence-electron chi connectivity index (χ0n) is 19.1. The Balaban J connectivity index is 1.82. The first-order valence-corrected chi connectivity index (χ1v) is 11.3. The van der Waals surface area contributed by atoms with Crippen LogP contribution >= 0.6 is 11.6 Å². The SMILES string of the molecule is CCc1ccccc1NC(=NCCc1c(C)nn(CC)c1C)NC(=O)c1cccc(Cl)c1. The second kappa shape index (κ2) is 11.0. The van der Waals surface area contributed by atoms with E-state index in [2.05, 4.69) is 42.6 Å². The van der Waals surface area contributed by atoms with Crippen LogP contribution in [0.2, 0.25) is 5.02 Å². The molecular formula is C25H30ClN5O. The number of nitrogens with one attached hydrogen (secondary N) is 2. The average molecular weight is 452 g/mol. The third-order valence-electron chi connectivity index (χ3n) is 5.43. The third-order valence-corrected chi connectivity index (χ3v) is 5.67. The maximum Gasteiger partial charge on any atom is 0.258 e. The summed E-state index contributed by atoms with van der Waals surface area (Å²) in [6.07, 6.45) is 1.61. The van der Waals surface area contributed by atoms with Crippen molar-refractivity contribution < 1.29 is 4.79 Å². The maximum atomic E-state index is 12.8. The molecular weight excluding hydrogens is 422 g/mol. The van der Waals surface area contributed by atoms with Crippen LogP contribution in [0, 0.1) is 13.8 Å². The van der Waals surface area contributed by atoms with Crippen LogP contribution in [0.3, 0.4) is 0 Å². The van der Waals surface area contributed by atoms with Gasteiger partial charge in [0.1, 0.15) is 0 Å². The summed E-state index contributed by atoms with van der Waals surface area (Å²) in [5, 5.41) is 11.3. The van der Waals surface area contributed by atoms with E-state index < -0.39 is 0 Å². The van der Waals surface area contributed by atoms with Gasteiger partial charge >= 0.3 is 0 Å². The molecule has 0 unspecified atom stereocenters. The smallest absolute Gasteiger partial charge is 0.258 e. The number of benzene rings is 2. The van der Waals surface area contributed by atoms with Crippen LogP contribution in [-0.2, 0) is 19.4 Å². The molecule has 1 heterocycles. The van der Waals surface area contributed by atoms with E-state index in [0.717, 1.165) is 42.0 Å². The number of halogens is 1. The van der Waals surface area contributed by atoms with E-state index in [0.29, 0.717) is 23.1 Å². The topological polar surface area (TPSA) is 71.3 Å². The van der Waals surface area contributed by atoms with Gasteiger partial charge in [0.2, 0.25) is 5.96 Å². The highest BCUT2D eigenvalue weighted by molar-refractivity contribution is 6.31. The predicted molar refractivity (Wildman–Crippen MR) is 132 cm³/mol. The fraction of sp³-hybridized carbons (Fsp3) is 0.320. The van der Waals surface area contributed by atoms with Crippen molar-refractivity contribution in [2.24, 2.45) is 4.99 Å². The van der Waals surface area contributed by atoms with Crippen LogP contribution in [0.5, 0.6) is 0 Å². The molecule has 0 aliphatic carbocycles. The second-order valence-corrected chi connectivity index (χ2v) is 7.98. The summed E-state index contributed by atoms with van der Waals surface area (Å²) in [5.74, 6) is 0.146. The molecule has 0 bridgehead atoms. The lowest BCUT2D eigenvalue weighted by molar-refractivity contribution is 0.0977. The molecule has 0 spiro atoms. The summed E-state index contributed by atoms with van der Waals surface area (Å²) in [7, 11) is 0. The highest BCUT2D eigenvalue weighted by atomic mass is 35.5. The van der Waals surface area contributed by atoms with Crippen molar-refractivity contribution in [3.05, 3.63) is 81.6 Å². The number of para-hydroxylation sites is 1. The number of carbonyl (C=O) groups excluding carboxylic acids is 1. The molecule has 32 heavy (non-hydrogen) atoms. The maximum absolute atomic E-state index is 12.8. The minimum Gasteiger partial charge on any atom is -0.326 e. The van der Waals surface area contributed by atoms with Gasteiger partial charge in [-0.3, -0.25) is 19.8 Å². The Morgan fingerprint density at radius 2 is 1.91 bits per heavy atom. The number of hydrogen-bond acceptors (Lipinski definition) is 3. The van der Waals surface area contributed by atoms with E-state index >= 15 is 0 Å². The Hall–Kier alpha value is -3.12. The van der Waals surface area contributed by atoms with E-state index in [9.17, 15) is 4.79 Å². The summed E-state index contributed by atoms with van der Waals surface area (Å²) in [5.41, 5.74) is 5.93. The first-order valence-electron chi connectivity index (χ1n) is 10.9. The van der Waals surface area contributed by atoms with Crippen LogP contribution < -0.4 is 10.6 Å². The lowest BCUT2D eigenvalue weighted by Gasteiger charge is -2.14. The number of guanidine groups is 1. The molecule has 0 aliphatic rings. The highest BCUT2D eigenvalue weighted by Crippen LogP contribution is 2.17. The number of aryl methyl sites for hydroxylation is 3. The van der Waals surface area contributed by atoms with Crippen LogP contribution in [0.25, 0.3) is 0 Å². The van der Waals surface area contributed by atoms with E-state index in [-0.39, 0.29) is 5.91 Å². The molecule has 2 aromatic carbocycles. The van der Waals surface area contributed by atoms with Gasteiger partial charge in [0.05, 0.1) is 5.69 Å². The summed E-state index contributed by atoms with van der Waals surface area (Å²) in [6.45, 7) is 9.64. The molecule has 0 saturated carbocycles. The number of aliphatic imine (C=N–C) groups is 1. The number of amides is 1. The Kier molecular flexibility index (Phi) is 8.06. The zero-order chi connectivity index (χ0) is 23.1. The molecule has 0 aliphatic heterocycles. The van der Waals surface area contributed by atoms with Gasteiger partial charge in [-0.2, -0.15) is 5.10 Å². The minimum atomic E-state index is -0.265. The second-order valence-electron chi connectivity index (χ2n) is 7.55. The first kappa shape index (κ1) is 23.5.